The molecule has 2 heterocycles. The van der Waals surface area contributed by atoms with Crippen molar-refractivity contribution in [1.82, 2.24) is 0 Å². The molecule has 1 aromatic rings. The van der Waals surface area contributed by atoms with Gasteiger partial charge in [0.25, 0.3) is 0 Å². The molecule has 0 saturated carbocycles. The Morgan fingerprint density at radius 1 is 0.818 bits per heavy atom. The molecule has 0 aliphatic carbocycles. The van der Waals surface area contributed by atoms with Gasteiger partial charge in [0.15, 0.2) is 0 Å². The van der Waals surface area contributed by atoms with E-state index in [0.29, 0.717) is 24.7 Å². The normalized spacial score (nSPS) is 25.9. The highest BCUT2D eigenvalue weighted by Crippen LogP contribution is 2.22. The zero-order chi connectivity index (χ0) is 15.4. The van der Waals surface area contributed by atoms with E-state index in [9.17, 15) is 0 Å². The van der Waals surface area contributed by atoms with Crippen LogP contribution in [0.1, 0.15) is 26.7 Å². The molecule has 118 valence electrons. The van der Waals surface area contributed by atoms with Crippen molar-refractivity contribution < 1.29 is 27.9 Å². The first-order valence-corrected chi connectivity index (χ1v) is 7.66. The third-order valence-corrected chi connectivity index (χ3v) is 3.53. The number of rotatable bonds is 4. The lowest BCUT2D eigenvalue weighted by atomic mass is 10.1. The third-order valence-electron chi connectivity index (χ3n) is 3.53. The lowest BCUT2D eigenvalue weighted by Crippen LogP contribution is -2.39. The molecule has 2 saturated heterocycles. The number of hydrogen-bond donors (Lipinski definition) is 0. The first kappa shape index (κ1) is 15.7. The molecule has 8 heteroatoms. The Morgan fingerprint density at radius 3 is 1.59 bits per heavy atom. The fourth-order valence-electron chi connectivity index (χ4n) is 2.20. The molecule has 6 nitrogen and oxygen atoms in total. The minimum atomic E-state index is -0.652. The number of hydrogen-bond acceptors (Lipinski definition) is 6. The second-order valence-corrected chi connectivity index (χ2v) is 5.50. The van der Waals surface area contributed by atoms with Gasteiger partial charge in [0.05, 0.1) is 0 Å². The van der Waals surface area contributed by atoms with Gasteiger partial charge in [-0.25, -0.2) is 0 Å². The van der Waals surface area contributed by atoms with Crippen LogP contribution in [0.3, 0.4) is 0 Å². The van der Waals surface area contributed by atoms with Crippen LogP contribution in [-0.2, 0) is 18.6 Å². The summed E-state index contributed by atoms with van der Waals surface area (Å²) in [6.07, 6.45) is 2.05. The van der Waals surface area contributed by atoms with Gasteiger partial charge in [-0.15, -0.1) is 0 Å². The molecule has 1 aromatic carbocycles. The zero-order valence-corrected chi connectivity index (χ0v) is 12.9. The summed E-state index contributed by atoms with van der Waals surface area (Å²) in [4.78, 5) is 0. The lowest BCUT2D eigenvalue weighted by Gasteiger charge is -2.25. The molecule has 0 amide bonds. The van der Waals surface area contributed by atoms with Crippen molar-refractivity contribution in [1.29, 1.82) is 0 Å². The summed E-state index contributed by atoms with van der Waals surface area (Å²) in [6.45, 7) is 5.28. The largest absolute Gasteiger partial charge is 0.713 e. The minimum absolute atomic E-state index is 0.143. The van der Waals surface area contributed by atoms with E-state index in [-0.39, 0.29) is 12.2 Å². The highest BCUT2D eigenvalue weighted by atomic mass is 16.7. The fraction of sp³-hybridized carbons (Fsp3) is 0.571. The molecule has 22 heavy (non-hydrogen) atoms. The van der Waals surface area contributed by atoms with Gasteiger partial charge < -0.3 is 27.9 Å². The van der Waals surface area contributed by atoms with Crippen molar-refractivity contribution in [2.45, 2.75) is 38.9 Å². The van der Waals surface area contributed by atoms with Crippen molar-refractivity contribution >= 4 is 14.6 Å². The summed E-state index contributed by atoms with van der Waals surface area (Å²) >= 11 is 0. The van der Waals surface area contributed by atoms with Crippen molar-refractivity contribution in [2.24, 2.45) is 0 Å². The Hall–Kier alpha value is -1.21. The van der Waals surface area contributed by atoms with Gasteiger partial charge in [0, 0.05) is 25.4 Å². The fourth-order valence-corrected chi connectivity index (χ4v) is 2.20. The summed E-state index contributed by atoms with van der Waals surface area (Å²) in [5, 5.41) is 0. The van der Waals surface area contributed by atoms with Crippen LogP contribution >= 0.6 is 0 Å². The van der Waals surface area contributed by atoms with Crippen molar-refractivity contribution in [3.63, 3.8) is 0 Å². The highest BCUT2D eigenvalue weighted by molar-refractivity contribution is 6.38. The molecule has 2 atom stereocenters. The molecule has 2 unspecified atom stereocenters. The van der Waals surface area contributed by atoms with Gasteiger partial charge in [0.2, 0.25) is 0 Å². The standard InChI is InChI=1S/C14H20B2O6/c1-11-7-9-17-15(19-11)21-13-3-5-14(6-4-13)22-16-18-10-8-12(2)20-16/h3-6,11-12H,7-10H2,1-2H3. The van der Waals surface area contributed by atoms with Crippen LogP contribution in [0.25, 0.3) is 0 Å². The van der Waals surface area contributed by atoms with Crippen molar-refractivity contribution in [3.05, 3.63) is 24.3 Å². The van der Waals surface area contributed by atoms with E-state index in [1.807, 2.05) is 13.8 Å². The minimum Gasteiger partial charge on any atom is -0.512 e. The Labute approximate surface area is 131 Å². The van der Waals surface area contributed by atoms with E-state index in [1.54, 1.807) is 24.3 Å². The average Bonchev–Trinajstić information content (AvgIpc) is 2.49. The van der Waals surface area contributed by atoms with Gasteiger partial charge in [-0.1, -0.05) is 0 Å². The van der Waals surface area contributed by atoms with Crippen LogP contribution in [0.2, 0.25) is 0 Å². The van der Waals surface area contributed by atoms with E-state index < -0.39 is 14.6 Å². The molecule has 0 bridgehead atoms. The quantitative estimate of drug-likeness (QED) is 0.794. The summed E-state index contributed by atoms with van der Waals surface area (Å²) in [6, 6.07) is 7.20. The third kappa shape index (κ3) is 4.39. The molecular formula is C14H20B2O6. The van der Waals surface area contributed by atoms with Gasteiger partial charge in [-0.3, -0.25) is 0 Å². The molecule has 3 rings (SSSR count). The summed E-state index contributed by atoms with van der Waals surface area (Å²) in [5.41, 5.74) is 0. The predicted octanol–water partition coefficient (Wildman–Crippen LogP) is 2.06. The molecule has 2 aliphatic heterocycles. The lowest BCUT2D eigenvalue weighted by molar-refractivity contribution is 0.0403. The molecular weight excluding hydrogens is 286 g/mol. The summed E-state index contributed by atoms with van der Waals surface area (Å²) < 4.78 is 33.1. The average molecular weight is 306 g/mol. The van der Waals surface area contributed by atoms with Crippen LogP contribution in [0.15, 0.2) is 24.3 Å². The van der Waals surface area contributed by atoms with E-state index in [2.05, 4.69) is 0 Å². The molecule has 2 aliphatic rings. The van der Waals surface area contributed by atoms with Crippen LogP contribution in [0.5, 0.6) is 11.5 Å². The highest BCUT2D eigenvalue weighted by Gasteiger charge is 2.32. The smallest absolute Gasteiger partial charge is 0.512 e. The second kappa shape index (κ2) is 7.37. The van der Waals surface area contributed by atoms with Crippen LogP contribution < -0.4 is 9.31 Å². The monoisotopic (exact) mass is 306 g/mol. The van der Waals surface area contributed by atoms with Crippen LogP contribution in [0, 0.1) is 0 Å². The SMILES string of the molecule is CC1CCOB(Oc2ccc(OB3OCCC(C)O3)cc2)O1. The van der Waals surface area contributed by atoms with Gasteiger partial charge >= 0.3 is 14.6 Å². The maximum atomic E-state index is 5.63. The molecule has 0 aromatic heterocycles. The molecule has 0 N–H and O–H groups in total. The van der Waals surface area contributed by atoms with E-state index >= 15 is 0 Å². The Bertz CT molecular complexity index is 428. The predicted molar refractivity (Wildman–Crippen MR) is 81.4 cm³/mol. The van der Waals surface area contributed by atoms with Gasteiger partial charge in [0.1, 0.15) is 11.5 Å². The van der Waals surface area contributed by atoms with E-state index in [0.717, 1.165) is 12.8 Å². The Balaban J connectivity index is 1.51. The Morgan fingerprint density at radius 2 is 1.23 bits per heavy atom. The maximum absolute atomic E-state index is 5.63. The Kier molecular flexibility index (Phi) is 5.25. The second-order valence-electron chi connectivity index (χ2n) is 5.50. The molecule has 0 radical (unpaired) electrons. The summed E-state index contributed by atoms with van der Waals surface area (Å²) in [7, 11) is -1.30. The van der Waals surface area contributed by atoms with E-state index in [1.165, 1.54) is 0 Å². The zero-order valence-electron chi connectivity index (χ0n) is 12.9. The van der Waals surface area contributed by atoms with Crippen LogP contribution in [0.4, 0.5) is 0 Å². The number of benzene rings is 1. The topological polar surface area (TPSA) is 55.4 Å². The first-order valence-electron chi connectivity index (χ1n) is 7.66. The molecule has 2 fully saturated rings. The molecule has 0 spiro atoms. The van der Waals surface area contributed by atoms with Crippen molar-refractivity contribution in [2.75, 3.05) is 13.2 Å². The van der Waals surface area contributed by atoms with Gasteiger partial charge in [-0.05, 0) is 51.0 Å². The van der Waals surface area contributed by atoms with Crippen molar-refractivity contribution in [3.8, 4) is 11.5 Å². The van der Waals surface area contributed by atoms with Gasteiger partial charge in [-0.2, -0.15) is 0 Å². The summed E-state index contributed by atoms with van der Waals surface area (Å²) in [5.74, 6) is 1.32. The first-order chi connectivity index (χ1) is 10.7. The maximum Gasteiger partial charge on any atom is 0.713 e. The van der Waals surface area contributed by atoms with Crippen LogP contribution in [-0.4, -0.2) is 40.1 Å². The van der Waals surface area contributed by atoms with E-state index in [4.69, 9.17) is 27.9 Å².